The molecule has 2 amide bonds. The molecular weight excluding hydrogens is 422 g/mol. The molecule has 2 aliphatic carbocycles. The average Bonchev–Trinajstić information content (AvgIpc) is 3.51. The summed E-state index contributed by atoms with van der Waals surface area (Å²) in [5, 5.41) is 3.85. The van der Waals surface area contributed by atoms with Gasteiger partial charge in [0.05, 0.1) is 30.2 Å². The molecule has 5 rings (SSSR count). The summed E-state index contributed by atoms with van der Waals surface area (Å²) in [4.78, 5) is 30.6. The maximum Gasteiger partial charge on any atom is 0.410 e. The van der Waals surface area contributed by atoms with Crippen molar-refractivity contribution in [3.63, 3.8) is 0 Å². The van der Waals surface area contributed by atoms with Gasteiger partial charge in [-0.15, -0.1) is 0 Å². The van der Waals surface area contributed by atoms with Crippen LogP contribution in [0.15, 0.2) is 0 Å². The molecule has 8 heteroatoms. The van der Waals surface area contributed by atoms with Crippen LogP contribution < -0.4 is 5.32 Å². The third-order valence-electron chi connectivity index (χ3n) is 8.75. The van der Waals surface area contributed by atoms with Gasteiger partial charge < -0.3 is 29.3 Å². The second-order valence-corrected chi connectivity index (χ2v) is 11.9. The Hall–Kier alpha value is -1.38. The Bertz CT molecular complexity index is 770. The normalized spacial score (nSPS) is 40.4. The van der Waals surface area contributed by atoms with Crippen LogP contribution in [0.4, 0.5) is 4.79 Å². The Kier molecular flexibility index (Phi) is 6.15. The number of hydrogen-bond donors (Lipinski definition) is 1. The van der Waals surface area contributed by atoms with Crippen LogP contribution in [0, 0.1) is 11.3 Å². The fraction of sp³-hybridized carbons (Fsp3) is 0.920. The number of rotatable bonds is 4. The summed E-state index contributed by atoms with van der Waals surface area (Å²) < 4.78 is 16.8. The molecule has 7 atom stereocenters. The van der Waals surface area contributed by atoms with E-state index in [9.17, 15) is 9.59 Å². The molecule has 3 heterocycles. The predicted molar refractivity (Wildman–Crippen MR) is 123 cm³/mol. The van der Waals surface area contributed by atoms with Crippen molar-refractivity contribution in [2.45, 2.75) is 102 Å². The number of fused-ring (bicyclic) bond motifs is 3. The number of methoxy groups -OCH3 is 1. The van der Waals surface area contributed by atoms with Gasteiger partial charge in [0.25, 0.3) is 0 Å². The summed E-state index contributed by atoms with van der Waals surface area (Å²) in [6.45, 7) is 8.35. The van der Waals surface area contributed by atoms with Crippen LogP contribution in [0.3, 0.4) is 0 Å². The lowest BCUT2D eigenvalue weighted by atomic mass is 9.78. The molecule has 0 aromatic carbocycles. The molecule has 5 aliphatic rings. The van der Waals surface area contributed by atoms with Crippen LogP contribution in [-0.4, -0.2) is 91.1 Å². The van der Waals surface area contributed by atoms with Crippen molar-refractivity contribution in [2.75, 3.05) is 33.4 Å². The van der Waals surface area contributed by atoms with E-state index >= 15 is 0 Å². The van der Waals surface area contributed by atoms with E-state index in [0.29, 0.717) is 43.6 Å². The molecule has 0 aromatic heterocycles. The van der Waals surface area contributed by atoms with Crippen molar-refractivity contribution in [2.24, 2.45) is 11.3 Å². The monoisotopic (exact) mass is 463 g/mol. The second kappa shape index (κ2) is 8.68. The maximum atomic E-state index is 14.0. The number of amides is 2. The van der Waals surface area contributed by atoms with Crippen molar-refractivity contribution >= 4 is 12.0 Å². The molecule has 5 fully saturated rings. The van der Waals surface area contributed by atoms with Gasteiger partial charge in [0.1, 0.15) is 5.60 Å². The number of likely N-dealkylation sites (tertiary alicyclic amines) is 2. The van der Waals surface area contributed by atoms with Crippen LogP contribution in [-0.2, 0) is 19.0 Å². The number of piperazine rings is 1. The van der Waals surface area contributed by atoms with Gasteiger partial charge in [0, 0.05) is 38.9 Å². The molecule has 186 valence electrons. The van der Waals surface area contributed by atoms with Crippen molar-refractivity contribution in [3.05, 3.63) is 0 Å². The van der Waals surface area contributed by atoms with Gasteiger partial charge in [-0.1, -0.05) is 6.42 Å². The van der Waals surface area contributed by atoms with Crippen LogP contribution >= 0.6 is 0 Å². The van der Waals surface area contributed by atoms with Crippen molar-refractivity contribution in [1.82, 2.24) is 15.1 Å². The molecule has 0 unspecified atom stereocenters. The highest BCUT2D eigenvalue weighted by Crippen LogP contribution is 2.56. The van der Waals surface area contributed by atoms with E-state index < -0.39 is 5.60 Å². The third-order valence-corrected chi connectivity index (χ3v) is 8.75. The lowest BCUT2D eigenvalue weighted by Gasteiger charge is -2.40. The highest BCUT2D eigenvalue weighted by molar-refractivity contribution is 5.85. The minimum Gasteiger partial charge on any atom is -0.444 e. The first-order chi connectivity index (χ1) is 15.7. The first-order valence-corrected chi connectivity index (χ1v) is 12.9. The van der Waals surface area contributed by atoms with E-state index in [2.05, 4.69) is 10.2 Å². The van der Waals surface area contributed by atoms with E-state index in [4.69, 9.17) is 14.2 Å². The zero-order valence-electron chi connectivity index (χ0n) is 20.7. The van der Waals surface area contributed by atoms with Gasteiger partial charge in [-0.05, 0) is 65.2 Å². The van der Waals surface area contributed by atoms with Crippen LogP contribution in [0.1, 0.15) is 65.7 Å². The Morgan fingerprint density at radius 3 is 2.55 bits per heavy atom. The molecule has 1 N–H and O–H groups in total. The molecule has 2 bridgehead atoms. The highest BCUT2D eigenvalue weighted by Gasteiger charge is 2.59. The molecular formula is C25H41N3O5. The summed E-state index contributed by atoms with van der Waals surface area (Å²) in [6.07, 6.45) is 6.97. The van der Waals surface area contributed by atoms with E-state index in [1.807, 2.05) is 25.7 Å². The highest BCUT2D eigenvalue weighted by atomic mass is 16.6. The number of hydrogen-bond acceptors (Lipinski definition) is 6. The topological polar surface area (TPSA) is 80.3 Å². The molecule has 0 radical (unpaired) electrons. The van der Waals surface area contributed by atoms with E-state index in [0.717, 1.165) is 51.6 Å². The van der Waals surface area contributed by atoms with Crippen LogP contribution in [0.25, 0.3) is 0 Å². The van der Waals surface area contributed by atoms with E-state index in [1.165, 1.54) is 0 Å². The summed E-state index contributed by atoms with van der Waals surface area (Å²) in [6, 6.07) is 0.874. The summed E-state index contributed by atoms with van der Waals surface area (Å²) in [5.41, 5.74) is -0.727. The minimum absolute atomic E-state index is 0.0824. The summed E-state index contributed by atoms with van der Waals surface area (Å²) >= 11 is 0. The largest absolute Gasteiger partial charge is 0.444 e. The van der Waals surface area contributed by atoms with Crippen LogP contribution in [0.5, 0.6) is 0 Å². The Morgan fingerprint density at radius 1 is 1.09 bits per heavy atom. The van der Waals surface area contributed by atoms with Gasteiger partial charge in [-0.2, -0.15) is 0 Å². The lowest BCUT2D eigenvalue weighted by molar-refractivity contribution is -0.146. The van der Waals surface area contributed by atoms with Gasteiger partial charge >= 0.3 is 6.09 Å². The molecule has 33 heavy (non-hydrogen) atoms. The molecule has 0 spiro atoms. The lowest BCUT2D eigenvalue weighted by Crippen LogP contribution is -2.55. The molecule has 0 aromatic rings. The molecule has 3 saturated heterocycles. The van der Waals surface area contributed by atoms with E-state index in [-0.39, 0.29) is 29.7 Å². The zero-order chi connectivity index (χ0) is 23.4. The fourth-order valence-electron chi connectivity index (χ4n) is 7.30. The Morgan fingerprint density at radius 2 is 1.85 bits per heavy atom. The SMILES string of the molecule is CO[C@@H]1COCC[C@@H]1N[C@@H]1C[C@H]2CCC[C@@]2(C(=O)N2C[C@H]3C[C@H]2CN3C(=O)OC(C)(C)C)C1. The van der Waals surface area contributed by atoms with Crippen molar-refractivity contribution in [3.8, 4) is 0 Å². The summed E-state index contributed by atoms with van der Waals surface area (Å²) in [5.74, 6) is 0.810. The van der Waals surface area contributed by atoms with Crippen molar-refractivity contribution in [1.29, 1.82) is 0 Å². The second-order valence-electron chi connectivity index (χ2n) is 11.9. The third kappa shape index (κ3) is 4.27. The maximum absolute atomic E-state index is 14.0. The minimum atomic E-state index is -0.497. The Labute approximate surface area is 197 Å². The first-order valence-electron chi connectivity index (χ1n) is 12.9. The van der Waals surface area contributed by atoms with Gasteiger partial charge in [0.15, 0.2) is 0 Å². The molecule has 3 aliphatic heterocycles. The predicted octanol–water partition coefficient (Wildman–Crippen LogP) is 2.55. The number of carbonyl (C=O) groups excluding carboxylic acids is 2. The fourth-order valence-corrected chi connectivity index (χ4v) is 7.30. The van der Waals surface area contributed by atoms with Crippen LogP contribution in [0.2, 0.25) is 0 Å². The zero-order valence-corrected chi connectivity index (χ0v) is 20.7. The number of nitrogens with zero attached hydrogens (tertiary/aromatic N) is 2. The average molecular weight is 464 g/mol. The number of carbonyl (C=O) groups is 2. The van der Waals surface area contributed by atoms with E-state index in [1.54, 1.807) is 7.11 Å². The smallest absolute Gasteiger partial charge is 0.410 e. The standard InChI is InChI=1S/C25H41N3O5/c1-24(2,3)33-23(30)28-14-18-11-19(28)13-27(18)22(29)25-8-5-6-16(25)10-17(12-25)26-20-7-9-32-15-21(20)31-4/h16-21,26H,5-15H2,1-4H3/t16-,17-,18+,19-,20+,21-,25-/m1/s1. The number of ether oxygens (including phenoxy) is 3. The first kappa shape index (κ1) is 23.4. The quantitative estimate of drug-likeness (QED) is 0.690. The Balaban J connectivity index is 1.23. The molecule has 8 nitrogen and oxygen atoms in total. The van der Waals surface area contributed by atoms with Gasteiger partial charge in [-0.3, -0.25) is 4.79 Å². The van der Waals surface area contributed by atoms with Gasteiger partial charge in [-0.25, -0.2) is 4.79 Å². The van der Waals surface area contributed by atoms with Crippen molar-refractivity contribution < 1.29 is 23.8 Å². The number of nitrogens with one attached hydrogen (secondary N) is 1. The van der Waals surface area contributed by atoms with Gasteiger partial charge in [0.2, 0.25) is 5.91 Å². The molecule has 2 saturated carbocycles. The summed E-state index contributed by atoms with van der Waals surface area (Å²) in [7, 11) is 1.76.